The van der Waals surface area contributed by atoms with Gasteiger partial charge in [-0.3, -0.25) is 9.78 Å². The van der Waals surface area contributed by atoms with Gasteiger partial charge in [0, 0.05) is 43.9 Å². The summed E-state index contributed by atoms with van der Waals surface area (Å²) in [5, 5.41) is 6.87. The first-order valence-electron chi connectivity index (χ1n) is 10.1. The van der Waals surface area contributed by atoms with Gasteiger partial charge in [0.1, 0.15) is 0 Å². The van der Waals surface area contributed by atoms with E-state index in [9.17, 15) is 9.59 Å². The van der Waals surface area contributed by atoms with E-state index < -0.39 is 5.97 Å². The molecule has 3 aromatic rings. The molecular formula is C22H23N5O4. The van der Waals surface area contributed by atoms with Gasteiger partial charge in [-0.15, -0.1) is 0 Å². The van der Waals surface area contributed by atoms with E-state index in [4.69, 9.17) is 9.26 Å². The Labute approximate surface area is 179 Å². The van der Waals surface area contributed by atoms with Gasteiger partial charge in [0.25, 0.3) is 0 Å². The van der Waals surface area contributed by atoms with Crippen LogP contribution in [0.3, 0.4) is 0 Å². The highest BCUT2D eigenvalue weighted by Gasteiger charge is 2.19. The Balaban J connectivity index is 1.44. The van der Waals surface area contributed by atoms with Gasteiger partial charge in [-0.1, -0.05) is 5.16 Å². The first kappa shape index (κ1) is 20.5. The van der Waals surface area contributed by atoms with Gasteiger partial charge < -0.3 is 19.5 Å². The highest BCUT2D eigenvalue weighted by atomic mass is 16.5. The van der Waals surface area contributed by atoms with E-state index in [1.807, 2.05) is 12.1 Å². The van der Waals surface area contributed by atoms with Crippen LogP contribution in [0.25, 0.3) is 11.4 Å². The zero-order valence-electron chi connectivity index (χ0n) is 17.2. The predicted molar refractivity (Wildman–Crippen MR) is 114 cm³/mol. The lowest BCUT2D eigenvalue weighted by Crippen LogP contribution is -2.21. The van der Waals surface area contributed by atoms with Crippen molar-refractivity contribution in [1.82, 2.24) is 15.1 Å². The van der Waals surface area contributed by atoms with Gasteiger partial charge in [-0.25, -0.2) is 4.79 Å². The Hall–Kier alpha value is -3.75. The van der Waals surface area contributed by atoms with Crippen LogP contribution in [0, 0.1) is 0 Å². The number of hydrogen-bond acceptors (Lipinski definition) is 8. The summed E-state index contributed by atoms with van der Waals surface area (Å²) in [6.07, 6.45) is 5.98. The van der Waals surface area contributed by atoms with E-state index >= 15 is 0 Å². The highest BCUT2D eigenvalue weighted by molar-refractivity contribution is 5.98. The van der Waals surface area contributed by atoms with Crippen LogP contribution in [0.5, 0.6) is 0 Å². The quantitative estimate of drug-likeness (QED) is 0.580. The summed E-state index contributed by atoms with van der Waals surface area (Å²) in [5.74, 6) is 0.156. The molecule has 2 aromatic heterocycles. The third kappa shape index (κ3) is 4.88. The third-order valence-electron chi connectivity index (χ3n) is 5.09. The number of amides is 1. The molecule has 0 bridgehead atoms. The molecule has 1 N–H and O–H groups in total. The van der Waals surface area contributed by atoms with Gasteiger partial charge in [0.15, 0.2) is 0 Å². The van der Waals surface area contributed by atoms with E-state index in [0.717, 1.165) is 37.2 Å². The fourth-order valence-electron chi connectivity index (χ4n) is 3.52. The summed E-state index contributed by atoms with van der Waals surface area (Å²) < 4.78 is 10.1. The number of rotatable bonds is 7. The zero-order chi connectivity index (χ0) is 21.6. The molecule has 0 unspecified atom stereocenters. The van der Waals surface area contributed by atoms with Crippen LogP contribution in [0.1, 0.15) is 35.5 Å². The van der Waals surface area contributed by atoms with Crippen LogP contribution in [-0.2, 0) is 16.0 Å². The summed E-state index contributed by atoms with van der Waals surface area (Å²) >= 11 is 0. The van der Waals surface area contributed by atoms with Crippen LogP contribution >= 0.6 is 0 Å². The van der Waals surface area contributed by atoms with Crippen molar-refractivity contribution in [3.8, 4) is 11.4 Å². The zero-order valence-corrected chi connectivity index (χ0v) is 17.2. The first-order chi connectivity index (χ1) is 15.1. The van der Waals surface area contributed by atoms with E-state index in [2.05, 4.69) is 25.3 Å². The number of methoxy groups -OCH3 is 1. The lowest BCUT2D eigenvalue weighted by Gasteiger charge is -2.22. The van der Waals surface area contributed by atoms with Crippen LogP contribution in [-0.4, -0.2) is 47.2 Å². The number of carbonyl (C=O) groups is 2. The normalized spacial score (nSPS) is 13.3. The number of aryl methyl sites for hydroxylation is 1. The number of esters is 1. The minimum Gasteiger partial charge on any atom is -0.465 e. The number of aromatic nitrogens is 3. The van der Waals surface area contributed by atoms with Crippen molar-refractivity contribution in [2.24, 2.45) is 0 Å². The largest absolute Gasteiger partial charge is 0.465 e. The van der Waals surface area contributed by atoms with Crippen molar-refractivity contribution in [3.63, 3.8) is 0 Å². The van der Waals surface area contributed by atoms with Crippen molar-refractivity contribution >= 4 is 23.3 Å². The minimum atomic E-state index is -0.447. The molecule has 1 fully saturated rings. The number of hydrogen-bond donors (Lipinski definition) is 1. The maximum Gasteiger partial charge on any atom is 0.337 e. The Morgan fingerprint density at radius 3 is 2.81 bits per heavy atom. The van der Waals surface area contributed by atoms with Crippen molar-refractivity contribution in [1.29, 1.82) is 0 Å². The molecule has 1 aliphatic rings. The van der Waals surface area contributed by atoms with Crippen molar-refractivity contribution < 1.29 is 18.8 Å². The second-order valence-corrected chi connectivity index (χ2v) is 7.22. The molecule has 9 nitrogen and oxygen atoms in total. The van der Waals surface area contributed by atoms with Gasteiger partial charge in [-0.2, -0.15) is 4.98 Å². The maximum absolute atomic E-state index is 12.6. The number of pyridine rings is 1. The Bertz CT molecular complexity index is 1060. The van der Waals surface area contributed by atoms with Crippen molar-refractivity contribution in [2.45, 2.75) is 25.7 Å². The van der Waals surface area contributed by atoms with Gasteiger partial charge in [-0.05, 0) is 43.2 Å². The highest BCUT2D eigenvalue weighted by Crippen LogP contribution is 2.30. The molecular weight excluding hydrogens is 398 g/mol. The summed E-state index contributed by atoms with van der Waals surface area (Å²) in [6, 6.07) is 8.85. The van der Waals surface area contributed by atoms with Gasteiger partial charge in [0.2, 0.25) is 17.6 Å². The van der Waals surface area contributed by atoms with Gasteiger partial charge >= 0.3 is 5.97 Å². The van der Waals surface area contributed by atoms with Gasteiger partial charge in [0.05, 0.1) is 24.0 Å². The molecule has 3 heterocycles. The number of carbonyl (C=O) groups excluding carboxylic acids is 2. The Kier molecular flexibility index (Phi) is 6.21. The molecule has 4 rings (SSSR count). The summed E-state index contributed by atoms with van der Waals surface area (Å²) in [5.41, 5.74) is 2.63. The van der Waals surface area contributed by atoms with Crippen molar-refractivity contribution in [3.05, 3.63) is 54.2 Å². The van der Waals surface area contributed by atoms with E-state index in [0.29, 0.717) is 29.4 Å². The third-order valence-corrected chi connectivity index (χ3v) is 5.09. The molecule has 1 aliphatic heterocycles. The maximum atomic E-state index is 12.6. The molecule has 31 heavy (non-hydrogen) atoms. The number of benzene rings is 1. The lowest BCUT2D eigenvalue weighted by atomic mass is 10.1. The SMILES string of the molecule is COC(=O)c1ccc(N2CCCC2)c(NC(=O)CCc2nc(-c3cccnc3)no2)c1. The average Bonchev–Trinajstić information content (AvgIpc) is 3.50. The summed E-state index contributed by atoms with van der Waals surface area (Å²) in [6.45, 7) is 1.83. The molecule has 1 aromatic carbocycles. The number of nitrogens with one attached hydrogen (secondary N) is 1. The van der Waals surface area contributed by atoms with Crippen LogP contribution in [0.15, 0.2) is 47.2 Å². The number of nitrogens with zero attached hydrogens (tertiary/aromatic N) is 4. The summed E-state index contributed by atoms with van der Waals surface area (Å²) in [7, 11) is 1.33. The fourth-order valence-corrected chi connectivity index (χ4v) is 3.52. The first-order valence-corrected chi connectivity index (χ1v) is 10.1. The second-order valence-electron chi connectivity index (χ2n) is 7.22. The molecule has 0 aliphatic carbocycles. The van der Waals surface area contributed by atoms with Crippen LogP contribution < -0.4 is 10.2 Å². The molecule has 9 heteroatoms. The van der Waals surface area contributed by atoms with Crippen molar-refractivity contribution in [2.75, 3.05) is 30.4 Å². The predicted octanol–water partition coefficient (Wildman–Crippen LogP) is 3.09. The van der Waals surface area contributed by atoms with Crippen LogP contribution in [0.4, 0.5) is 11.4 Å². The topological polar surface area (TPSA) is 110 Å². The molecule has 1 amide bonds. The average molecular weight is 421 g/mol. The summed E-state index contributed by atoms with van der Waals surface area (Å²) in [4.78, 5) is 35.1. The Morgan fingerprint density at radius 1 is 1.23 bits per heavy atom. The van der Waals surface area contributed by atoms with E-state index in [1.165, 1.54) is 7.11 Å². The van der Waals surface area contributed by atoms with E-state index in [-0.39, 0.29) is 12.3 Å². The smallest absolute Gasteiger partial charge is 0.337 e. The number of anilines is 2. The molecule has 1 saturated heterocycles. The minimum absolute atomic E-state index is 0.163. The second kappa shape index (κ2) is 9.38. The number of ether oxygens (including phenoxy) is 1. The Morgan fingerprint density at radius 2 is 2.06 bits per heavy atom. The monoisotopic (exact) mass is 421 g/mol. The molecule has 0 spiro atoms. The molecule has 0 radical (unpaired) electrons. The molecule has 160 valence electrons. The van der Waals surface area contributed by atoms with E-state index in [1.54, 1.807) is 30.6 Å². The standard InChI is InChI=1S/C22H23N5O4/c1-30-22(29)15-6-7-18(27-11-2-3-12-27)17(13-15)24-19(28)8-9-20-25-21(26-31-20)16-5-4-10-23-14-16/h4-7,10,13-14H,2-3,8-9,11-12H2,1H3,(H,24,28). The molecule has 0 saturated carbocycles. The molecule has 0 atom stereocenters. The lowest BCUT2D eigenvalue weighted by molar-refractivity contribution is -0.116. The fraction of sp³-hybridized carbons (Fsp3) is 0.318. The van der Waals surface area contributed by atoms with Crippen LogP contribution in [0.2, 0.25) is 0 Å².